The SMILES string of the molecule is CCC(CC)NC(=O)[C@@H]1CC(=O)N(C(C)(C)C)C1. The lowest BCUT2D eigenvalue weighted by molar-refractivity contribution is -0.132. The van der Waals surface area contributed by atoms with Crippen molar-refractivity contribution in [2.24, 2.45) is 5.92 Å². The van der Waals surface area contributed by atoms with Crippen LogP contribution in [-0.4, -0.2) is 34.8 Å². The molecule has 18 heavy (non-hydrogen) atoms. The molecule has 2 amide bonds. The van der Waals surface area contributed by atoms with E-state index in [9.17, 15) is 9.59 Å². The van der Waals surface area contributed by atoms with Gasteiger partial charge in [0.25, 0.3) is 0 Å². The Morgan fingerprint density at radius 3 is 2.33 bits per heavy atom. The van der Waals surface area contributed by atoms with E-state index in [1.54, 1.807) is 0 Å². The van der Waals surface area contributed by atoms with E-state index in [1.165, 1.54) is 0 Å². The number of nitrogens with one attached hydrogen (secondary N) is 1. The molecule has 1 heterocycles. The monoisotopic (exact) mass is 254 g/mol. The Hall–Kier alpha value is -1.06. The molecule has 4 nitrogen and oxygen atoms in total. The molecule has 1 N–H and O–H groups in total. The van der Waals surface area contributed by atoms with Crippen molar-refractivity contribution < 1.29 is 9.59 Å². The second kappa shape index (κ2) is 5.72. The van der Waals surface area contributed by atoms with Gasteiger partial charge in [0.1, 0.15) is 0 Å². The average Bonchev–Trinajstić information content (AvgIpc) is 2.67. The molecule has 1 atom stereocenters. The summed E-state index contributed by atoms with van der Waals surface area (Å²) >= 11 is 0. The minimum atomic E-state index is -0.193. The highest BCUT2D eigenvalue weighted by atomic mass is 16.2. The number of carbonyl (C=O) groups excluding carboxylic acids is 2. The van der Waals surface area contributed by atoms with Crippen molar-refractivity contribution in [3.05, 3.63) is 0 Å². The number of carbonyl (C=O) groups is 2. The second-order valence-electron chi connectivity index (χ2n) is 6.10. The number of likely N-dealkylation sites (tertiary alicyclic amines) is 1. The molecular weight excluding hydrogens is 228 g/mol. The lowest BCUT2D eigenvalue weighted by Crippen LogP contribution is -2.44. The van der Waals surface area contributed by atoms with Crippen LogP contribution in [0.15, 0.2) is 0 Å². The van der Waals surface area contributed by atoms with Gasteiger partial charge in [-0.25, -0.2) is 0 Å². The number of hydrogen-bond donors (Lipinski definition) is 1. The van der Waals surface area contributed by atoms with E-state index in [1.807, 2.05) is 25.7 Å². The summed E-state index contributed by atoms with van der Waals surface area (Å²) in [4.78, 5) is 25.8. The van der Waals surface area contributed by atoms with Crippen molar-refractivity contribution >= 4 is 11.8 Å². The van der Waals surface area contributed by atoms with E-state index in [4.69, 9.17) is 0 Å². The first-order valence-electron chi connectivity index (χ1n) is 6.90. The fourth-order valence-electron chi connectivity index (χ4n) is 2.34. The lowest BCUT2D eigenvalue weighted by Gasteiger charge is -2.32. The summed E-state index contributed by atoms with van der Waals surface area (Å²) in [7, 11) is 0. The van der Waals surface area contributed by atoms with E-state index in [-0.39, 0.29) is 29.3 Å². The zero-order valence-electron chi connectivity index (χ0n) is 12.2. The van der Waals surface area contributed by atoms with Gasteiger partial charge < -0.3 is 10.2 Å². The number of rotatable bonds is 4. The maximum Gasteiger partial charge on any atom is 0.225 e. The molecular formula is C14H26N2O2. The van der Waals surface area contributed by atoms with Crippen LogP contribution in [0.2, 0.25) is 0 Å². The van der Waals surface area contributed by atoms with Crippen LogP contribution >= 0.6 is 0 Å². The Morgan fingerprint density at radius 2 is 1.94 bits per heavy atom. The summed E-state index contributed by atoms with van der Waals surface area (Å²) < 4.78 is 0. The van der Waals surface area contributed by atoms with Crippen LogP contribution in [-0.2, 0) is 9.59 Å². The van der Waals surface area contributed by atoms with Crippen LogP contribution < -0.4 is 5.32 Å². The van der Waals surface area contributed by atoms with Gasteiger partial charge in [0.05, 0.1) is 5.92 Å². The molecule has 104 valence electrons. The summed E-state index contributed by atoms with van der Waals surface area (Å²) in [6.45, 7) is 10.7. The Kier molecular flexibility index (Phi) is 4.77. The van der Waals surface area contributed by atoms with Gasteiger partial charge in [0, 0.05) is 24.5 Å². The molecule has 1 aliphatic rings. The van der Waals surface area contributed by atoms with Gasteiger partial charge in [-0.2, -0.15) is 0 Å². The molecule has 0 radical (unpaired) electrons. The van der Waals surface area contributed by atoms with Crippen LogP contribution in [0.5, 0.6) is 0 Å². The van der Waals surface area contributed by atoms with Crippen molar-refractivity contribution in [2.45, 2.75) is 65.5 Å². The molecule has 0 bridgehead atoms. The first-order chi connectivity index (χ1) is 8.29. The molecule has 0 aromatic rings. The zero-order valence-corrected chi connectivity index (χ0v) is 12.2. The quantitative estimate of drug-likeness (QED) is 0.833. The van der Waals surface area contributed by atoms with Crippen LogP contribution in [0.3, 0.4) is 0 Å². The van der Waals surface area contributed by atoms with Crippen molar-refractivity contribution in [3.8, 4) is 0 Å². The zero-order chi connectivity index (χ0) is 13.9. The van der Waals surface area contributed by atoms with Crippen molar-refractivity contribution in [2.75, 3.05) is 6.54 Å². The normalized spacial score (nSPS) is 20.7. The fourth-order valence-corrected chi connectivity index (χ4v) is 2.34. The Morgan fingerprint density at radius 1 is 1.39 bits per heavy atom. The maximum atomic E-state index is 12.1. The second-order valence-corrected chi connectivity index (χ2v) is 6.10. The standard InChI is InChI=1S/C14H26N2O2/c1-6-11(7-2)15-13(18)10-8-12(17)16(9-10)14(3,4)5/h10-11H,6-9H2,1-5H3,(H,15,18)/t10-/m1/s1. The van der Waals surface area contributed by atoms with Crippen LogP contribution in [0.1, 0.15) is 53.9 Å². The average molecular weight is 254 g/mol. The summed E-state index contributed by atoms with van der Waals surface area (Å²) in [6.07, 6.45) is 2.22. The van der Waals surface area contributed by atoms with E-state index in [0.717, 1.165) is 12.8 Å². The molecule has 1 fully saturated rings. The molecule has 0 spiro atoms. The van der Waals surface area contributed by atoms with E-state index in [2.05, 4.69) is 19.2 Å². The number of hydrogen-bond acceptors (Lipinski definition) is 2. The van der Waals surface area contributed by atoms with Crippen LogP contribution in [0.25, 0.3) is 0 Å². The first kappa shape index (κ1) is 15.0. The highest BCUT2D eigenvalue weighted by Gasteiger charge is 2.39. The largest absolute Gasteiger partial charge is 0.353 e. The van der Waals surface area contributed by atoms with Gasteiger partial charge in [-0.15, -0.1) is 0 Å². The van der Waals surface area contributed by atoms with Gasteiger partial charge in [0.2, 0.25) is 11.8 Å². The highest BCUT2D eigenvalue weighted by Crippen LogP contribution is 2.25. The molecule has 1 saturated heterocycles. The topological polar surface area (TPSA) is 49.4 Å². The third-order valence-electron chi connectivity index (χ3n) is 3.64. The van der Waals surface area contributed by atoms with Gasteiger partial charge in [0.15, 0.2) is 0 Å². The van der Waals surface area contributed by atoms with Crippen molar-refractivity contribution in [3.63, 3.8) is 0 Å². The summed E-state index contributed by atoms with van der Waals surface area (Å²) in [5.74, 6) is -0.0617. The molecule has 0 aromatic carbocycles. The summed E-state index contributed by atoms with van der Waals surface area (Å²) in [5, 5.41) is 3.03. The Labute approximate surface area is 110 Å². The minimum absolute atomic E-state index is 0.0313. The van der Waals surface area contributed by atoms with Crippen LogP contribution in [0, 0.1) is 5.92 Å². The van der Waals surface area contributed by atoms with Gasteiger partial charge in [-0.1, -0.05) is 13.8 Å². The van der Waals surface area contributed by atoms with E-state index >= 15 is 0 Å². The van der Waals surface area contributed by atoms with E-state index < -0.39 is 0 Å². The van der Waals surface area contributed by atoms with Gasteiger partial charge in [-0.05, 0) is 33.6 Å². The smallest absolute Gasteiger partial charge is 0.225 e. The molecule has 0 aromatic heterocycles. The lowest BCUT2D eigenvalue weighted by atomic mass is 10.1. The molecule has 4 heteroatoms. The van der Waals surface area contributed by atoms with E-state index in [0.29, 0.717) is 13.0 Å². The van der Waals surface area contributed by atoms with Crippen molar-refractivity contribution in [1.82, 2.24) is 10.2 Å². The van der Waals surface area contributed by atoms with Gasteiger partial charge in [-0.3, -0.25) is 9.59 Å². The number of amides is 2. The minimum Gasteiger partial charge on any atom is -0.353 e. The highest BCUT2D eigenvalue weighted by molar-refractivity contribution is 5.89. The molecule has 0 aliphatic carbocycles. The number of nitrogens with zero attached hydrogens (tertiary/aromatic N) is 1. The van der Waals surface area contributed by atoms with Crippen molar-refractivity contribution in [1.29, 1.82) is 0 Å². The molecule has 0 saturated carbocycles. The molecule has 1 aliphatic heterocycles. The first-order valence-corrected chi connectivity index (χ1v) is 6.90. The van der Waals surface area contributed by atoms with Gasteiger partial charge >= 0.3 is 0 Å². The third-order valence-corrected chi connectivity index (χ3v) is 3.64. The Balaban J connectivity index is 2.60. The summed E-state index contributed by atoms with van der Waals surface area (Å²) in [6, 6.07) is 0.233. The summed E-state index contributed by atoms with van der Waals surface area (Å²) in [5.41, 5.74) is -0.193. The predicted octanol–water partition coefficient (Wildman–Crippen LogP) is 1.94. The fraction of sp³-hybridized carbons (Fsp3) is 0.857. The third kappa shape index (κ3) is 3.47. The van der Waals surface area contributed by atoms with Crippen LogP contribution in [0.4, 0.5) is 0 Å². The Bertz CT molecular complexity index is 316. The molecule has 0 unspecified atom stereocenters. The maximum absolute atomic E-state index is 12.1. The predicted molar refractivity (Wildman–Crippen MR) is 72.1 cm³/mol. The molecule has 1 rings (SSSR count).